The molecule has 1 unspecified atom stereocenters. The number of aliphatic hydroxyl groups excluding tert-OH is 1. The first kappa shape index (κ1) is 11.6. The van der Waals surface area contributed by atoms with Gasteiger partial charge in [-0.1, -0.05) is 25.3 Å². The molecule has 1 fully saturated rings. The van der Waals surface area contributed by atoms with Gasteiger partial charge in [0, 0.05) is 0 Å². The summed E-state index contributed by atoms with van der Waals surface area (Å²) >= 11 is 0. The highest BCUT2D eigenvalue weighted by Crippen LogP contribution is 2.35. The fourth-order valence-electron chi connectivity index (χ4n) is 2.67. The number of halogens is 1. The Hall–Kier alpha value is -0.890. The monoisotopic (exact) mass is 222 g/mol. The Bertz CT molecular complexity index is 356. The van der Waals surface area contributed by atoms with Crippen molar-refractivity contribution in [3.8, 4) is 0 Å². The van der Waals surface area contributed by atoms with Gasteiger partial charge in [0.05, 0.1) is 6.10 Å². The molecule has 88 valence electrons. The molecule has 16 heavy (non-hydrogen) atoms. The summed E-state index contributed by atoms with van der Waals surface area (Å²) in [5, 5.41) is 10.3. The van der Waals surface area contributed by atoms with Gasteiger partial charge in [-0.05, 0) is 48.9 Å². The third-order valence-corrected chi connectivity index (χ3v) is 3.65. The lowest BCUT2D eigenvalue weighted by Gasteiger charge is -2.27. The average molecular weight is 222 g/mol. The van der Waals surface area contributed by atoms with Crippen molar-refractivity contribution in [1.82, 2.24) is 0 Å². The van der Waals surface area contributed by atoms with Gasteiger partial charge in [0.25, 0.3) is 0 Å². The maximum absolute atomic E-state index is 13.0. The van der Waals surface area contributed by atoms with Crippen molar-refractivity contribution in [2.45, 2.75) is 45.1 Å². The molecule has 2 heteroatoms. The van der Waals surface area contributed by atoms with Crippen molar-refractivity contribution >= 4 is 0 Å². The summed E-state index contributed by atoms with van der Waals surface area (Å²) in [4.78, 5) is 0. The summed E-state index contributed by atoms with van der Waals surface area (Å²) in [6.45, 7) is 1.87. The van der Waals surface area contributed by atoms with Gasteiger partial charge in [0.15, 0.2) is 0 Å². The highest BCUT2D eigenvalue weighted by molar-refractivity contribution is 5.29. The van der Waals surface area contributed by atoms with Crippen molar-refractivity contribution < 1.29 is 9.50 Å². The summed E-state index contributed by atoms with van der Waals surface area (Å²) in [5.41, 5.74) is 1.76. The summed E-state index contributed by atoms with van der Waals surface area (Å²) in [6.07, 6.45) is 5.48. The zero-order valence-corrected chi connectivity index (χ0v) is 9.75. The second-order valence-corrected chi connectivity index (χ2v) is 4.84. The van der Waals surface area contributed by atoms with E-state index in [9.17, 15) is 9.50 Å². The molecule has 0 bridgehead atoms. The van der Waals surface area contributed by atoms with Crippen molar-refractivity contribution in [1.29, 1.82) is 0 Å². The Kier molecular flexibility index (Phi) is 3.59. The first-order valence-corrected chi connectivity index (χ1v) is 6.12. The largest absolute Gasteiger partial charge is 0.388 e. The minimum absolute atomic E-state index is 0.225. The number of aryl methyl sites for hydroxylation is 1. The molecule has 0 aliphatic heterocycles. The van der Waals surface area contributed by atoms with Crippen LogP contribution in [0.15, 0.2) is 18.2 Å². The molecule has 1 nitrogen and oxygen atoms in total. The number of aliphatic hydroxyl groups is 1. The van der Waals surface area contributed by atoms with Crippen LogP contribution in [0.4, 0.5) is 4.39 Å². The predicted molar refractivity (Wildman–Crippen MR) is 62.7 cm³/mol. The van der Waals surface area contributed by atoms with Crippen LogP contribution >= 0.6 is 0 Å². The average Bonchev–Trinajstić information content (AvgIpc) is 2.29. The number of rotatable bonds is 2. The molecule has 0 radical (unpaired) electrons. The number of hydrogen-bond acceptors (Lipinski definition) is 1. The van der Waals surface area contributed by atoms with Crippen LogP contribution in [-0.2, 0) is 0 Å². The van der Waals surface area contributed by atoms with E-state index >= 15 is 0 Å². The molecule has 0 spiro atoms. The number of benzene rings is 1. The third-order valence-electron chi connectivity index (χ3n) is 3.65. The minimum atomic E-state index is -0.416. The van der Waals surface area contributed by atoms with E-state index in [2.05, 4.69) is 0 Å². The first-order chi connectivity index (χ1) is 7.68. The van der Waals surface area contributed by atoms with Crippen LogP contribution in [0.1, 0.15) is 49.3 Å². The second kappa shape index (κ2) is 4.96. The van der Waals surface area contributed by atoms with E-state index in [0.29, 0.717) is 5.92 Å². The van der Waals surface area contributed by atoms with E-state index in [1.165, 1.54) is 31.4 Å². The molecule has 2 rings (SSSR count). The van der Waals surface area contributed by atoms with Crippen molar-refractivity contribution in [3.05, 3.63) is 35.1 Å². The molecule has 1 aromatic carbocycles. The van der Waals surface area contributed by atoms with E-state index in [1.54, 1.807) is 6.07 Å². The quantitative estimate of drug-likeness (QED) is 0.808. The smallest absolute Gasteiger partial charge is 0.123 e. The molecular weight excluding hydrogens is 203 g/mol. The maximum atomic E-state index is 13.0. The van der Waals surface area contributed by atoms with Gasteiger partial charge in [-0.15, -0.1) is 0 Å². The van der Waals surface area contributed by atoms with Gasteiger partial charge in [0.2, 0.25) is 0 Å². The van der Waals surface area contributed by atoms with Crippen LogP contribution in [0, 0.1) is 18.7 Å². The lowest BCUT2D eigenvalue weighted by atomic mass is 9.82. The Labute approximate surface area is 96.3 Å². The lowest BCUT2D eigenvalue weighted by molar-refractivity contribution is 0.0842. The van der Waals surface area contributed by atoms with E-state index in [1.807, 2.05) is 6.92 Å². The van der Waals surface area contributed by atoms with Crippen LogP contribution in [0.25, 0.3) is 0 Å². The van der Waals surface area contributed by atoms with Gasteiger partial charge in [-0.25, -0.2) is 4.39 Å². The third kappa shape index (κ3) is 2.43. The topological polar surface area (TPSA) is 20.2 Å². The van der Waals surface area contributed by atoms with Crippen molar-refractivity contribution in [2.24, 2.45) is 5.92 Å². The Balaban J connectivity index is 2.15. The van der Waals surface area contributed by atoms with Crippen LogP contribution in [0.5, 0.6) is 0 Å². The molecule has 1 aliphatic rings. The standard InChI is InChI=1S/C14H19FO/c1-10-9-12(15)7-8-13(10)14(16)11-5-3-2-4-6-11/h7-9,11,14,16H,2-6H2,1H3. The lowest BCUT2D eigenvalue weighted by Crippen LogP contribution is -2.16. The van der Waals surface area contributed by atoms with E-state index in [-0.39, 0.29) is 5.82 Å². The molecule has 1 saturated carbocycles. The van der Waals surface area contributed by atoms with Crippen LogP contribution in [0.3, 0.4) is 0 Å². The number of hydrogen-bond donors (Lipinski definition) is 1. The molecular formula is C14H19FO. The maximum Gasteiger partial charge on any atom is 0.123 e. The summed E-state index contributed by atoms with van der Waals surface area (Å²) in [6, 6.07) is 4.67. The fourth-order valence-corrected chi connectivity index (χ4v) is 2.67. The van der Waals surface area contributed by atoms with Gasteiger partial charge in [-0.3, -0.25) is 0 Å². The molecule has 1 aliphatic carbocycles. The summed E-state index contributed by atoms with van der Waals surface area (Å²) in [7, 11) is 0. The normalized spacial score (nSPS) is 19.7. The Morgan fingerprint density at radius 3 is 2.56 bits per heavy atom. The fraction of sp³-hybridized carbons (Fsp3) is 0.571. The van der Waals surface area contributed by atoms with Gasteiger partial charge in [-0.2, -0.15) is 0 Å². The highest BCUT2D eigenvalue weighted by Gasteiger charge is 2.24. The molecule has 1 atom stereocenters. The van der Waals surface area contributed by atoms with E-state index < -0.39 is 6.10 Å². The zero-order valence-electron chi connectivity index (χ0n) is 9.75. The SMILES string of the molecule is Cc1cc(F)ccc1C(O)C1CCCCC1. The first-order valence-electron chi connectivity index (χ1n) is 6.12. The van der Waals surface area contributed by atoms with Gasteiger partial charge >= 0.3 is 0 Å². The molecule has 0 amide bonds. The summed E-state index contributed by atoms with van der Waals surface area (Å²) in [5.74, 6) is 0.134. The van der Waals surface area contributed by atoms with Crippen LogP contribution in [-0.4, -0.2) is 5.11 Å². The predicted octanol–water partition coefficient (Wildman–Crippen LogP) is 3.75. The highest BCUT2D eigenvalue weighted by atomic mass is 19.1. The van der Waals surface area contributed by atoms with E-state index in [0.717, 1.165) is 24.0 Å². The molecule has 0 saturated heterocycles. The molecule has 1 aromatic rings. The van der Waals surface area contributed by atoms with Crippen molar-refractivity contribution in [2.75, 3.05) is 0 Å². The second-order valence-electron chi connectivity index (χ2n) is 4.84. The van der Waals surface area contributed by atoms with Gasteiger partial charge in [0.1, 0.15) is 5.82 Å². The van der Waals surface area contributed by atoms with Crippen LogP contribution in [0.2, 0.25) is 0 Å². The van der Waals surface area contributed by atoms with Crippen LogP contribution < -0.4 is 0 Å². The molecule has 0 aromatic heterocycles. The molecule has 1 N–H and O–H groups in total. The Morgan fingerprint density at radius 1 is 1.25 bits per heavy atom. The zero-order chi connectivity index (χ0) is 11.5. The minimum Gasteiger partial charge on any atom is -0.388 e. The van der Waals surface area contributed by atoms with Crippen molar-refractivity contribution in [3.63, 3.8) is 0 Å². The molecule has 0 heterocycles. The van der Waals surface area contributed by atoms with E-state index in [4.69, 9.17) is 0 Å². The summed E-state index contributed by atoms with van der Waals surface area (Å²) < 4.78 is 13.0. The van der Waals surface area contributed by atoms with Gasteiger partial charge < -0.3 is 5.11 Å². The Morgan fingerprint density at radius 2 is 1.94 bits per heavy atom.